The van der Waals surface area contributed by atoms with E-state index >= 15 is 0 Å². The van der Waals surface area contributed by atoms with Crippen molar-refractivity contribution in [2.45, 2.75) is 78.6 Å². The average Bonchev–Trinajstić information content (AvgIpc) is 2.56. The molecule has 0 saturated carbocycles. The van der Waals surface area contributed by atoms with E-state index in [-0.39, 0.29) is 12.4 Å². The van der Waals surface area contributed by atoms with Gasteiger partial charge in [0.25, 0.3) is 0 Å². The lowest BCUT2D eigenvalue weighted by molar-refractivity contribution is -0.144. The minimum Gasteiger partial charge on any atom is -0.481 e. The second kappa shape index (κ2) is 16.6. The molecule has 0 unspecified atom stereocenters. The number of aliphatic carboxylic acids is 1. The zero-order valence-corrected chi connectivity index (χ0v) is 16.7. The van der Waals surface area contributed by atoms with Gasteiger partial charge in [-0.3, -0.25) is 9.59 Å². The van der Waals surface area contributed by atoms with E-state index in [0.717, 1.165) is 19.3 Å². The predicted octanol–water partition coefficient (Wildman–Crippen LogP) is 5.84. The highest BCUT2D eigenvalue weighted by Crippen LogP contribution is 2.12. The number of ether oxygens (including phenoxy) is 1. The van der Waals surface area contributed by atoms with Crippen LogP contribution >= 0.6 is 0 Å². The van der Waals surface area contributed by atoms with Crippen molar-refractivity contribution in [1.29, 1.82) is 0 Å². The van der Waals surface area contributed by atoms with Crippen LogP contribution in [-0.4, -0.2) is 23.7 Å². The van der Waals surface area contributed by atoms with Gasteiger partial charge in [-0.1, -0.05) is 42.9 Å². The monoisotopic (exact) mass is 364 g/mol. The third-order valence-corrected chi connectivity index (χ3v) is 3.93. The van der Waals surface area contributed by atoms with Crippen LogP contribution in [0.3, 0.4) is 0 Å². The van der Waals surface area contributed by atoms with Crippen LogP contribution in [0.5, 0.6) is 0 Å². The molecule has 0 rings (SSSR count). The van der Waals surface area contributed by atoms with E-state index in [9.17, 15) is 9.59 Å². The Balaban J connectivity index is 3.56. The Bertz CT molecular complexity index is 471. The lowest BCUT2D eigenvalue weighted by atomic mass is 10.0. The summed E-state index contributed by atoms with van der Waals surface area (Å²) in [7, 11) is 0. The Morgan fingerprint density at radius 2 is 1.69 bits per heavy atom. The van der Waals surface area contributed by atoms with Crippen molar-refractivity contribution >= 4 is 11.9 Å². The summed E-state index contributed by atoms with van der Waals surface area (Å²) in [4.78, 5) is 21.8. The zero-order chi connectivity index (χ0) is 19.6. The molecular weight excluding hydrogens is 328 g/mol. The highest BCUT2D eigenvalue weighted by atomic mass is 16.5. The standard InChI is InChI=1S/C22H36O4/c1-19(2)13-12-15-20(3)14-8-6-4-5-7-11-18-26-22(25)17-10-9-16-21(23)24/h5-8,13,20H,4,9-12,14-18H2,1-3H3,(H,23,24)/b7-5-,8-6-/t20-/m1/s1. The first-order valence-electron chi connectivity index (χ1n) is 9.72. The quantitative estimate of drug-likeness (QED) is 0.225. The van der Waals surface area contributed by atoms with Crippen LogP contribution in [0.1, 0.15) is 78.6 Å². The van der Waals surface area contributed by atoms with Gasteiger partial charge in [-0.2, -0.15) is 0 Å². The van der Waals surface area contributed by atoms with E-state index in [4.69, 9.17) is 9.84 Å². The van der Waals surface area contributed by atoms with Gasteiger partial charge in [0.05, 0.1) is 6.61 Å². The van der Waals surface area contributed by atoms with Crippen LogP contribution in [0.25, 0.3) is 0 Å². The Morgan fingerprint density at radius 1 is 1.00 bits per heavy atom. The second-order valence-electron chi connectivity index (χ2n) is 6.99. The number of esters is 1. The lowest BCUT2D eigenvalue weighted by Gasteiger charge is -2.06. The minimum absolute atomic E-state index is 0.109. The molecule has 0 radical (unpaired) electrons. The van der Waals surface area contributed by atoms with Crippen LogP contribution in [0.4, 0.5) is 0 Å². The number of carboxylic acids is 1. The second-order valence-corrected chi connectivity index (χ2v) is 6.99. The van der Waals surface area contributed by atoms with Gasteiger partial charge in [-0.25, -0.2) is 0 Å². The van der Waals surface area contributed by atoms with Crippen LogP contribution in [0.15, 0.2) is 36.0 Å². The van der Waals surface area contributed by atoms with Gasteiger partial charge in [-0.05, 0) is 64.7 Å². The molecule has 0 aliphatic heterocycles. The first-order valence-corrected chi connectivity index (χ1v) is 9.72. The summed E-state index contributed by atoms with van der Waals surface area (Å²) in [5.74, 6) is -0.359. The Labute approximate surface area is 159 Å². The molecule has 1 N–H and O–H groups in total. The molecule has 0 heterocycles. The smallest absolute Gasteiger partial charge is 0.305 e. The summed E-state index contributed by atoms with van der Waals surface area (Å²) >= 11 is 0. The highest BCUT2D eigenvalue weighted by Gasteiger charge is 2.03. The van der Waals surface area contributed by atoms with E-state index in [2.05, 4.69) is 45.1 Å². The van der Waals surface area contributed by atoms with E-state index < -0.39 is 5.97 Å². The predicted molar refractivity (Wildman–Crippen MR) is 107 cm³/mol. The molecule has 4 heteroatoms. The third kappa shape index (κ3) is 18.5. The van der Waals surface area contributed by atoms with E-state index in [1.165, 1.54) is 12.0 Å². The SMILES string of the molecule is CC(C)=CCC[C@H](C)C/C=C\C/C=C\CCOC(=O)CCCCC(=O)O. The molecule has 0 saturated heterocycles. The maximum absolute atomic E-state index is 11.4. The van der Waals surface area contributed by atoms with E-state index in [1.54, 1.807) is 0 Å². The third-order valence-electron chi connectivity index (χ3n) is 3.93. The molecule has 0 aliphatic carbocycles. The van der Waals surface area contributed by atoms with Crippen LogP contribution in [0.2, 0.25) is 0 Å². The summed E-state index contributed by atoms with van der Waals surface area (Å²) in [6, 6.07) is 0. The molecule has 0 aromatic carbocycles. The molecule has 0 amide bonds. The molecule has 0 spiro atoms. The fourth-order valence-electron chi connectivity index (χ4n) is 2.35. The molecule has 4 nitrogen and oxygen atoms in total. The van der Waals surface area contributed by atoms with Crippen LogP contribution in [-0.2, 0) is 14.3 Å². The molecular formula is C22H36O4. The fourth-order valence-corrected chi connectivity index (χ4v) is 2.35. The molecule has 0 aromatic heterocycles. The number of carboxylic acid groups (broad SMARTS) is 1. The van der Waals surface area contributed by atoms with Crippen LogP contribution < -0.4 is 0 Å². The molecule has 0 fully saturated rings. The number of allylic oxidation sites excluding steroid dienone is 5. The van der Waals surface area contributed by atoms with E-state index in [0.29, 0.717) is 38.2 Å². The van der Waals surface area contributed by atoms with Crippen molar-refractivity contribution in [3.05, 3.63) is 36.0 Å². The largest absolute Gasteiger partial charge is 0.481 e. The number of carbonyl (C=O) groups is 2. The van der Waals surface area contributed by atoms with Crippen molar-refractivity contribution in [1.82, 2.24) is 0 Å². The maximum Gasteiger partial charge on any atom is 0.305 e. The van der Waals surface area contributed by atoms with Crippen molar-refractivity contribution in [3.63, 3.8) is 0 Å². The van der Waals surface area contributed by atoms with Gasteiger partial charge in [0.1, 0.15) is 0 Å². The van der Waals surface area contributed by atoms with Crippen molar-refractivity contribution in [3.8, 4) is 0 Å². The average molecular weight is 365 g/mol. The van der Waals surface area contributed by atoms with E-state index in [1.807, 2.05) is 6.08 Å². The lowest BCUT2D eigenvalue weighted by Crippen LogP contribution is -2.05. The topological polar surface area (TPSA) is 63.6 Å². The van der Waals surface area contributed by atoms with Gasteiger partial charge in [0, 0.05) is 12.8 Å². The number of carbonyl (C=O) groups excluding carboxylic acids is 1. The fraction of sp³-hybridized carbons (Fsp3) is 0.636. The van der Waals surface area contributed by atoms with Crippen molar-refractivity contribution < 1.29 is 19.4 Å². The van der Waals surface area contributed by atoms with Gasteiger partial charge >= 0.3 is 11.9 Å². The molecule has 26 heavy (non-hydrogen) atoms. The van der Waals surface area contributed by atoms with Gasteiger partial charge in [-0.15, -0.1) is 0 Å². The first-order chi connectivity index (χ1) is 12.4. The summed E-state index contributed by atoms with van der Waals surface area (Å²) < 4.78 is 5.10. The molecule has 148 valence electrons. The molecule has 0 aromatic rings. The molecule has 0 aliphatic rings. The number of rotatable bonds is 15. The summed E-state index contributed by atoms with van der Waals surface area (Å²) in [5.41, 5.74) is 1.39. The number of hydrogen-bond donors (Lipinski definition) is 1. The molecule has 1 atom stereocenters. The summed E-state index contributed by atoms with van der Waals surface area (Å²) in [6.45, 7) is 6.95. The maximum atomic E-state index is 11.4. The van der Waals surface area contributed by atoms with Crippen molar-refractivity contribution in [2.75, 3.05) is 6.61 Å². The zero-order valence-electron chi connectivity index (χ0n) is 16.7. The summed E-state index contributed by atoms with van der Waals surface area (Å²) in [5, 5.41) is 8.51. The Hall–Kier alpha value is -1.84. The van der Waals surface area contributed by atoms with Gasteiger partial charge < -0.3 is 9.84 Å². The van der Waals surface area contributed by atoms with Gasteiger partial charge in [0.2, 0.25) is 0 Å². The van der Waals surface area contributed by atoms with Crippen molar-refractivity contribution in [2.24, 2.45) is 5.92 Å². The first kappa shape index (κ1) is 24.2. The Kier molecular flexibility index (Phi) is 15.4. The minimum atomic E-state index is -0.823. The summed E-state index contributed by atoms with van der Waals surface area (Å²) in [6.07, 6.45) is 17.5. The highest BCUT2D eigenvalue weighted by molar-refractivity contribution is 5.69. The number of unbranched alkanes of at least 4 members (excludes halogenated alkanes) is 1. The van der Waals surface area contributed by atoms with Gasteiger partial charge in [0.15, 0.2) is 0 Å². The Morgan fingerprint density at radius 3 is 2.38 bits per heavy atom. The van der Waals surface area contributed by atoms with Crippen LogP contribution in [0, 0.1) is 5.92 Å². The number of hydrogen-bond acceptors (Lipinski definition) is 3. The normalized spacial score (nSPS) is 12.4. The molecule has 0 bridgehead atoms.